The van der Waals surface area contributed by atoms with Crippen molar-refractivity contribution >= 4 is 21.9 Å². The second kappa shape index (κ2) is 6.19. The summed E-state index contributed by atoms with van der Waals surface area (Å²) in [7, 11) is 1.44. The highest BCUT2D eigenvalue weighted by Gasteiger charge is 2.12. The number of rotatable bonds is 3. The van der Waals surface area contributed by atoms with E-state index in [0.29, 0.717) is 17.7 Å². The third kappa shape index (κ3) is 3.01. The van der Waals surface area contributed by atoms with Crippen molar-refractivity contribution in [2.45, 2.75) is 6.42 Å². The minimum atomic E-state index is -1.01. The number of halogens is 1. The zero-order valence-electron chi connectivity index (χ0n) is 8.79. The number of alkyl halides is 1. The number of benzene rings is 1. The third-order valence-electron chi connectivity index (χ3n) is 1.89. The van der Waals surface area contributed by atoms with E-state index >= 15 is 0 Å². The van der Waals surface area contributed by atoms with Crippen molar-refractivity contribution < 1.29 is 14.6 Å². The quantitative estimate of drug-likeness (QED) is 0.685. The van der Waals surface area contributed by atoms with Crippen LogP contribution in [0.5, 0.6) is 5.75 Å². The lowest BCUT2D eigenvalue weighted by Gasteiger charge is -2.06. The van der Waals surface area contributed by atoms with Gasteiger partial charge in [-0.1, -0.05) is 33.8 Å². The van der Waals surface area contributed by atoms with Gasteiger partial charge in [-0.2, -0.15) is 0 Å². The average molecular weight is 283 g/mol. The van der Waals surface area contributed by atoms with Crippen LogP contribution in [0.25, 0.3) is 0 Å². The lowest BCUT2D eigenvalue weighted by Crippen LogP contribution is -2.01. The van der Waals surface area contributed by atoms with Crippen LogP contribution in [0.15, 0.2) is 18.2 Å². The first kappa shape index (κ1) is 12.6. The molecule has 0 heterocycles. The molecule has 1 N–H and O–H groups in total. The number of carbonyl (C=O) groups is 1. The number of aromatic carboxylic acids is 1. The van der Waals surface area contributed by atoms with Gasteiger partial charge in [-0.25, -0.2) is 4.79 Å². The topological polar surface area (TPSA) is 46.5 Å². The molecule has 1 aromatic carbocycles. The summed E-state index contributed by atoms with van der Waals surface area (Å²) in [5, 5.41) is 9.75. The summed E-state index contributed by atoms with van der Waals surface area (Å²) in [4.78, 5) is 10.9. The fourth-order valence-corrected chi connectivity index (χ4v) is 1.43. The fraction of sp³-hybridized carbons (Fsp3) is 0.250. The molecule has 0 unspecified atom stereocenters. The van der Waals surface area contributed by atoms with Gasteiger partial charge in [0.25, 0.3) is 0 Å². The van der Waals surface area contributed by atoms with Crippen molar-refractivity contribution in [3.8, 4) is 17.6 Å². The lowest BCUT2D eigenvalue weighted by atomic mass is 10.1. The molecule has 0 saturated heterocycles. The van der Waals surface area contributed by atoms with Gasteiger partial charge in [0.05, 0.1) is 12.7 Å². The zero-order chi connectivity index (χ0) is 12.0. The molecule has 16 heavy (non-hydrogen) atoms. The summed E-state index contributed by atoms with van der Waals surface area (Å²) in [5.74, 6) is 5.12. The van der Waals surface area contributed by atoms with Crippen LogP contribution in [0.1, 0.15) is 22.3 Å². The van der Waals surface area contributed by atoms with Gasteiger partial charge in [-0.05, 0) is 12.1 Å². The van der Waals surface area contributed by atoms with E-state index in [1.807, 2.05) is 0 Å². The molecule has 0 saturated carbocycles. The second-order valence-corrected chi connectivity index (χ2v) is 3.73. The Kier molecular flexibility index (Phi) is 4.87. The maximum atomic E-state index is 10.9. The van der Waals surface area contributed by atoms with Crippen molar-refractivity contribution in [2.75, 3.05) is 12.4 Å². The summed E-state index contributed by atoms with van der Waals surface area (Å²) in [6.07, 6.45) is 0.709. The number of ether oxygens (including phenoxy) is 1. The Morgan fingerprint density at radius 1 is 1.56 bits per heavy atom. The van der Waals surface area contributed by atoms with E-state index in [4.69, 9.17) is 9.84 Å². The fourth-order valence-electron chi connectivity index (χ4n) is 1.23. The van der Waals surface area contributed by atoms with Crippen molar-refractivity contribution in [2.24, 2.45) is 0 Å². The molecule has 3 nitrogen and oxygen atoms in total. The van der Waals surface area contributed by atoms with E-state index in [9.17, 15) is 4.79 Å². The summed E-state index contributed by atoms with van der Waals surface area (Å²) < 4.78 is 5.07. The number of methoxy groups -OCH3 is 1. The van der Waals surface area contributed by atoms with Crippen LogP contribution in [0, 0.1) is 11.8 Å². The van der Waals surface area contributed by atoms with Gasteiger partial charge in [0.1, 0.15) is 11.3 Å². The first-order chi connectivity index (χ1) is 7.70. The van der Waals surface area contributed by atoms with E-state index in [-0.39, 0.29) is 5.56 Å². The molecule has 0 radical (unpaired) electrons. The van der Waals surface area contributed by atoms with Crippen LogP contribution < -0.4 is 4.74 Å². The molecule has 1 rings (SSSR count). The normalized spacial score (nSPS) is 9.12. The molecule has 0 aliphatic rings. The highest BCUT2D eigenvalue weighted by atomic mass is 79.9. The molecule has 0 spiro atoms. The van der Waals surface area contributed by atoms with Crippen molar-refractivity contribution in [1.82, 2.24) is 0 Å². The summed E-state index contributed by atoms with van der Waals surface area (Å²) in [6.45, 7) is 0. The van der Waals surface area contributed by atoms with Gasteiger partial charge in [0.2, 0.25) is 0 Å². The molecular formula is C12H11BrO3. The van der Waals surface area contributed by atoms with Crippen LogP contribution in [-0.4, -0.2) is 23.5 Å². The van der Waals surface area contributed by atoms with Gasteiger partial charge >= 0.3 is 5.97 Å². The van der Waals surface area contributed by atoms with Crippen LogP contribution in [0.2, 0.25) is 0 Å². The van der Waals surface area contributed by atoms with Crippen molar-refractivity contribution in [3.63, 3.8) is 0 Å². The Morgan fingerprint density at radius 3 is 2.88 bits per heavy atom. The second-order valence-electron chi connectivity index (χ2n) is 2.93. The standard InChI is InChI=1S/C12H11BrO3/c1-16-11-9(5-2-3-8-13)6-4-7-10(11)12(14)15/h4,6-7H,3,8H2,1H3,(H,14,15). The molecule has 0 fully saturated rings. The van der Waals surface area contributed by atoms with E-state index in [1.54, 1.807) is 12.1 Å². The Bertz CT molecular complexity index is 443. The first-order valence-corrected chi connectivity index (χ1v) is 5.78. The predicted molar refractivity (Wildman–Crippen MR) is 65.2 cm³/mol. The van der Waals surface area contributed by atoms with E-state index < -0.39 is 5.97 Å². The number of hydrogen-bond donors (Lipinski definition) is 1. The molecule has 1 aromatic rings. The molecule has 0 bridgehead atoms. The van der Waals surface area contributed by atoms with E-state index in [1.165, 1.54) is 13.2 Å². The molecule has 0 aromatic heterocycles. The minimum absolute atomic E-state index is 0.133. The highest BCUT2D eigenvalue weighted by Crippen LogP contribution is 2.22. The largest absolute Gasteiger partial charge is 0.495 e. The van der Waals surface area contributed by atoms with Gasteiger partial charge in [-0.15, -0.1) is 0 Å². The Morgan fingerprint density at radius 2 is 2.31 bits per heavy atom. The molecule has 0 aliphatic heterocycles. The van der Waals surface area contributed by atoms with E-state index in [0.717, 1.165) is 5.33 Å². The van der Waals surface area contributed by atoms with Crippen LogP contribution in [-0.2, 0) is 0 Å². The monoisotopic (exact) mass is 282 g/mol. The maximum absolute atomic E-state index is 10.9. The Labute approximate surface area is 103 Å². The van der Waals surface area contributed by atoms with Gasteiger partial charge in [0.15, 0.2) is 0 Å². The highest BCUT2D eigenvalue weighted by molar-refractivity contribution is 9.09. The Hall–Kier alpha value is -1.47. The SMILES string of the molecule is COc1c(C#CCCBr)cccc1C(=O)O. The molecule has 4 heteroatoms. The predicted octanol–water partition coefficient (Wildman–Crippen LogP) is 2.53. The molecule has 84 valence electrons. The maximum Gasteiger partial charge on any atom is 0.339 e. The summed E-state index contributed by atoms with van der Waals surface area (Å²) in [5.41, 5.74) is 0.733. The van der Waals surface area contributed by atoms with Gasteiger partial charge in [-0.3, -0.25) is 0 Å². The number of carboxylic acids is 1. The third-order valence-corrected chi connectivity index (χ3v) is 2.29. The van der Waals surface area contributed by atoms with Crippen molar-refractivity contribution in [3.05, 3.63) is 29.3 Å². The van der Waals surface area contributed by atoms with Crippen LogP contribution in [0.3, 0.4) is 0 Å². The Balaban J connectivity index is 3.15. The molecule has 0 aliphatic carbocycles. The summed E-state index contributed by atoms with van der Waals surface area (Å²) in [6, 6.07) is 4.90. The smallest absolute Gasteiger partial charge is 0.339 e. The van der Waals surface area contributed by atoms with E-state index in [2.05, 4.69) is 27.8 Å². The average Bonchev–Trinajstić information content (AvgIpc) is 2.29. The summed E-state index contributed by atoms with van der Waals surface area (Å²) >= 11 is 3.27. The number of para-hydroxylation sites is 1. The van der Waals surface area contributed by atoms with Crippen LogP contribution >= 0.6 is 15.9 Å². The molecule has 0 atom stereocenters. The minimum Gasteiger partial charge on any atom is -0.495 e. The molecule has 0 amide bonds. The lowest BCUT2D eigenvalue weighted by molar-refractivity contribution is 0.0693. The molecular weight excluding hydrogens is 272 g/mol. The number of carboxylic acid groups (broad SMARTS) is 1. The van der Waals surface area contributed by atoms with Crippen molar-refractivity contribution in [1.29, 1.82) is 0 Å². The number of hydrogen-bond acceptors (Lipinski definition) is 2. The first-order valence-electron chi connectivity index (χ1n) is 4.65. The van der Waals surface area contributed by atoms with Crippen LogP contribution in [0.4, 0.5) is 0 Å². The van der Waals surface area contributed by atoms with Gasteiger partial charge < -0.3 is 9.84 Å². The zero-order valence-corrected chi connectivity index (χ0v) is 10.4. The van der Waals surface area contributed by atoms with Gasteiger partial charge in [0, 0.05) is 11.8 Å².